The molecule has 0 spiro atoms. The highest BCUT2D eigenvalue weighted by Crippen LogP contribution is 2.26. The fourth-order valence-corrected chi connectivity index (χ4v) is 5.02. The molecule has 32 heavy (non-hydrogen) atoms. The Kier molecular flexibility index (Phi) is 6.03. The van der Waals surface area contributed by atoms with Gasteiger partial charge in [-0.05, 0) is 36.5 Å². The smallest absolute Gasteiger partial charge is 0.240 e. The fraction of sp³-hybridized carbons (Fsp3) is 0.500. The van der Waals surface area contributed by atoms with Gasteiger partial charge in [0, 0.05) is 58.2 Å². The Morgan fingerprint density at radius 1 is 0.844 bits per heavy atom. The molecule has 0 saturated carbocycles. The third-order valence-electron chi connectivity index (χ3n) is 6.85. The number of hydrogen-bond donors (Lipinski definition) is 0. The van der Waals surface area contributed by atoms with E-state index in [0.717, 1.165) is 25.9 Å². The maximum Gasteiger partial charge on any atom is 0.240 e. The predicted octanol–water partition coefficient (Wildman–Crippen LogP) is 1.17. The molecule has 8 heteroatoms. The zero-order valence-electron chi connectivity index (χ0n) is 18.4. The molecule has 1 unspecified atom stereocenters. The van der Waals surface area contributed by atoms with Crippen molar-refractivity contribution in [1.29, 1.82) is 0 Å². The molecule has 1 atom stereocenters. The largest absolute Gasteiger partial charge is 0.341 e. The quantitative estimate of drug-likeness (QED) is 0.720. The van der Waals surface area contributed by atoms with Crippen LogP contribution in [0.25, 0.3) is 0 Å². The van der Waals surface area contributed by atoms with Gasteiger partial charge in [0.2, 0.25) is 17.8 Å². The Morgan fingerprint density at radius 3 is 2.25 bits per heavy atom. The lowest BCUT2D eigenvalue weighted by atomic mass is 9.93. The maximum atomic E-state index is 13.3. The van der Waals surface area contributed by atoms with Gasteiger partial charge in [-0.1, -0.05) is 24.3 Å². The van der Waals surface area contributed by atoms with Crippen molar-refractivity contribution in [3.63, 3.8) is 0 Å². The number of anilines is 1. The van der Waals surface area contributed by atoms with Crippen LogP contribution in [0.1, 0.15) is 24.0 Å². The zero-order chi connectivity index (χ0) is 21.9. The second kappa shape index (κ2) is 9.24. The first-order valence-electron chi connectivity index (χ1n) is 11.6. The van der Waals surface area contributed by atoms with Gasteiger partial charge >= 0.3 is 0 Å². The molecule has 1 aromatic heterocycles. The minimum atomic E-state index is -0.258. The molecule has 2 aromatic rings. The molecule has 4 heterocycles. The molecule has 2 fully saturated rings. The van der Waals surface area contributed by atoms with Crippen LogP contribution in [0, 0.1) is 0 Å². The molecule has 0 N–H and O–H groups in total. The highest BCUT2D eigenvalue weighted by molar-refractivity contribution is 5.84. The molecular weight excluding hydrogens is 404 g/mol. The number of aromatic nitrogens is 2. The van der Waals surface area contributed by atoms with Crippen LogP contribution in [0.5, 0.6) is 0 Å². The first kappa shape index (κ1) is 20.9. The minimum Gasteiger partial charge on any atom is -0.341 e. The summed E-state index contributed by atoms with van der Waals surface area (Å²) in [7, 11) is 0. The van der Waals surface area contributed by atoms with Crippen LogP contribution in [-0.2, 0) is 22.6 Å². The van der Waals surface area contributed by atoms with Gasteiger partial charge in [0.1, 0.15) is 0 Å². The number of fused-ring (bicyclic) bond motifs is 1. The van der Waals surface area contributed by atoms with Crippen LogP contribution in [0.4, 0.5) is 5.95 Å². The van der Waals surface area contributed by atoms with Crippen LogP contribution >= 0.6 is 0 Å². The standard InChI is InChI=1S/C24H30N6O2/c31-22(27-12-14-29(15-13-27)24-25-8-5-9-26-24)18-30-17-20-7-2-1-6-19(20)16-21(30)23(32)28-10-3-4-11-28/h1-2,5-9,21H,3-4,10-18H2. The Balaban J connectivity index is 1.26. The summed E-state index contributed by atoms with van der Waals surface area (Å²) in [5, 5.41) is 0. The number of piperazine rings is 1. The van der Waals surface area contributed by atoms with E-state index < -0.39 is 0 Å². The highest BCUT2D eigenvalue weighted by atomic mass is 16.2. The number of nitrogens with zero attached hydrogens (tertiary/aromatic N) is 6. The Morgan fingerprint density at radius 2 is 1.53 bits per heavy atom. The summed E-state index contributed by atoms with van der Waals surface area (Å²) in [6, 6.07) is 9.84. The van der Waals surface area contributed by atoms with E-state index in [9.17, 15) is 9.59 Å². The summed E-state index contributed by atoms with van der Waals surface area (Å²) >= 11 is 0. The Hall–Kier alpha value is -3.00. The summed E-state index contributed by atoms with van der Waals surface area (Å²) < 4.78 is 0. The van der Waals surface area contributed by atoms with Gasteiger partial charge in [-0.2, -0.15) is 0 Å². The third-order valence-corrected chi connectivity index (χ3v) is 6.85. The number of carbonyl (C=O) groups excluding carboxylic acids is 2. The molecule has 168 valence electrons. The van der Waals surface area contributed by atoms with Gasteiger partial charge in [0.25, 0.3) is 0 Å². The van der Waals surface area contributed by atoms with E-state index in [1.807, 2.05) is 21.9 Å². The molecule has 0 radical (unpaired) electrons. The lowest BCUT2D eigenvalue weighted by Gasteiger charge is -2.39. The predicted molar refractivity (Wildman–Crippen MR) is 121 cm³/mol. The summed E-state index contributed by atoms with van der Waals surface area (Å²) in [6.45, 7) is 5.32. The third kappa shape index (κ3) is 4.32. The van der Waals surface area contributed by atoms with Crippen molar-refractivity contribution in [2.75, 3.05) is 50.7 Å². The zero-order valence-corrected chi connectivity index (χ0v) is 18.4. The molecule has 8 nitrogen and oxygen atoms in total. The molecule has 3 aliphatic rings. The highest BCUT2D eigenvalue weighted by Gasteiger charge is 2.36. The first-order chi connectivity index (χ1) is 15.7. The van der Waals surface area contributed by atoms with Gasteiger partial charge in [-0.3, -0.25) is 14.5 Å². The normalized spacial score (nSPS) is 21.5. The monoisotopic (exact) mass is 434 g/mol. The SMILES string of the molecule is O=C(CN1Cc2ccccc2CC1C(=O)N1CCCC1)N1CCN(c2ncccn2)CC1. The van der Waals surface area contributed by atoms with Crippen LogP contribution in [-0.4, -0.2) is 88.3 Å². The van der Waals surface area contributed by atoms with Crippen LogP contribution < -0.4 is 4.90 Å². The average Bonchev–Trinajstić information content (AvgIpc) is 3.39. The summed E-state index contributed by atoms with van der Waals surface area (Å²) in [4.78, 5) is 43.3. The second-order valence-electron chi connectivity index (χ2n) is 8.84. The summed E-state index contributed by atoms with van der Waals surface area (Å²) in [5.41, 5.74) is 2.45. The van der Waals surface area contributed by atoms with E-state index in [4.69, 9.17) is 0 Å². The lowest BCUT2D eigenvalue weighted by molar-refractivity contribution is -0.140. The number of amides is 2. The molecule has 2 saturated heterocycles. The number of benzene rings is 1. The topological polar surface area (TPSA) is 72.9 Å². The van der Waals surface area contributed by atoms with Crippen LogP contribution in [0.2, 0.25) is 0 Å². The maximum absolute atomic E-state index is 13.3. The van der Waals surface area contributed by atoms with E-state index in [1.54, 1.807) is 18.5 Å². The van der Waals surface area contributed by atoms with Crippen molar-refractivity contribution in [3.05, 3.63) is 53.9 Å². The van der Waals surface area contributed by atoms with Crippen LogP contribution in [0.3, 0.4) is 0 Å². The van der Waals surface area contributed by atoms with Crippen molar-refractivity contribution in [1.82, 2.24) is 24.7 Å². The molecule has 3 aliphatic heterocycles. The minimum absolute atomic E-state index is 0.0947. The number of likely N-dealkylation sites (tertiary alicyclic amines) is 1. The molecule has 1 aromatic carbocycles. The van der Waals surface area contributed by atoms with E-state index in [2.05, 4.69) is 31.9 Å². The van der Waals surface area contributed by atoms with E-state index in [-0.39, 0.29) is 24.4 Å². The Bertz CT molecular complexity index is 954. The van der Waals surface area contributed by atoms with Gasteiger partial charge in [0.05, 0.1) is 12.6 Å². The van der Waals surface area contributed by atoms with E-state index >= 15 is 0 Å². The molecule has 5 rings (SSSR count). The summed E-state index contributed by atoms with van der Waals surface area (Å²) in [5.74, 6) is 0.983. The van der Waals surface area contributed by atoms with Crippen molar-refractivity contribution < 1.29 is 9.59 Å². The van der Waals surface area contributed by atoms with E-state index in [0.29, 0.717) is 45.1 Å². The van der Waals surface area contributed by atoms with Gasteiger partial charge in [0.15, 0.2) is 0 Å². The second-order valence-corrected chi connectivity index (χ2v) is 8.84. The molecule has 2 amide bonds. The first-order valence-corrected chi connectivity index (χ1v) is 11.6. The van der Waals surface area contributed by atoms with E-state index in [1.165, 1.54) is 11.1 Å². The lowest BCUT2D eigenvalue weighted by Crippen LogP contribution is -2.56. The summed E-state index contributed by atoms with van der Waals surface area (Å²) in [6.07, 6.45) is 6.31. The van der Waals surface area contributed by atoms with Gasteiger partial charge < -0.3 is 14.7 Å². The van der Waals surface area contributed by atoms with Crippen molar-refractivity contribution in [3.8, 4) is 0 Å². The number of rotatable bonds is 4. The molecular formula is C24H30N6O2. The fourth-order valence-electron chi connectivity index (χ4n) is 5.02. The average molecular weight is 435 g/mol. The van der Waals surface area contributed by atoms with Crippen molar-refractivity contribution in [2.45, 2.75) is 31.8 Å². The van der Waals surface area contributed by atoms with Crippen molar-refractivity contribution in [2.24, 2.45) is 0 Å². The number of carbonyl (C=O) groups is 2. The Labute approximate surface area is 188 Å². The van der Waals surface area contributed by atoms with Crippen molar-refractivity contribution >= 4 is 17.8 Å². The molecule has 0 bridgehead atoms. The molecule has 0 aliphatic carbocycles. The van der Waals surface area contributed by atoms with Crippen LogP contribution in [0.15, 0.2) is 42.7 Å². The van der Waals surface area contributed by atoms with Gasteiger partial charge in [-0.15, -0.1) is 0 Å². The van der Waals surface area contributed by atoms with Gasteiger partial charge in [-0.25, -0.2) is 9.97 Å². The number of hydrogen-bond acceptors (Lipinski definition) is 6.